The molecule has 0 aliphatic heterocycles. The number of rotatable bonds is 5. The van der Waals surface area contributed by atoms with Crippen LogP contribution >= 0.6 is 11.8 Å². The first-order valence-corrected chi connectivity index (χ1v) is 5.52. The molecule has 4 heteroatoms. The van der Waals surface area contributed by atoms with Gasteiger partial charge in [0.1, 0.15) is 5.82 Å². The molecule has 1 aromatic heterocycles. The number of anilines is 1. The van der Waals surface area contributed by atoms with Crippen molar-refractivity contribution < 1.29 is 0 Å². The second-order valence-electron chi connectivity index (χ2n) is 2.71. The molecule has 3 nitrogen and oxygen atoms in total. The molecule has 72 valence electrons. The predicted octanol–water partition coefficient (Wildman–Crippen LogP) is 2.01. The lowest BCUT2D eigenvalue weighted by molar-refractivity contribution is 1.09. The van der Waals surface area contributed by atoms with E-state index in [4.69, 9.17) is 5.84 Å². The average molecular weight is 197 g/mol. The van der Waals surface area contributed by atoms with Crippen molar-refractivity contribution in [2.45, 2.75) is 19.1 Å². The maximum Gasteiger partial charge on any atom is 0.140 e. The van der Waals surface area contributed by atoms with Gasteiger partial charge >= 0.3 is 0 Å². The lowest BCUT2D eigenvalue weighted by Gasteiger charge is -2.02. The predicted molar refractivity (Wildman–Crippen MR) is 58.5 cm³/mol. The minimum absolute atomic E-state index is 0.731. The monoisotopic (exact) mass is 197 g/mol. The van der Waals surface area contributed by atoms with E-state index in [9.17, 15) is 0 Å². The number of nitrogens with zero attached hydrogens (tertiary/aromatic N) is 1. The van der Waals surface area contributed by atoms with Gasteiger partial charge < -0.3 is 5.43 Å². The molecule has 0 spiro atoms. The number of nitrogens with one attached hydrogen (secondary N) is 1. The first-order valence-electron chi connectivity index (χ1n) is 4.37. The summed E-state index contributed by atoms with van der Waals surface area (Å²) in [6.07, 6.45) is 1.21. The number of hydrogen-bond donors (Lipinski definition) is 2. The zero-order valence-corrected chi connectivity index (χ0v) is 8.60. The van der Waals surface area contributed by atoms with Crippen molar-refractivity contribution in [3.63, 3.8) is 0 Å². The van der Waals surface area contributed by atoms with Crippen LogP contribution < -0.4 is 11.3 Å². The highest BCUT2D eigenvalue weighted by molar-refractivity contribution is 7.98. The molecule has 0 atom stereocenters. The van der Waals surface area contributed by atoms with Crippen molar-refractivity contribution in [1.82, 2.24) is 4.98 Å². The fourth-order valence-corrected chi connectivity index (χ4v) is 1.76. The van der Waals surface area contributed by atoms with Crippen LogP contribution in [0.25, 0.3) is 0 Å². The molecule has 0 saturated heterocycles. The third kappa shape index (κ3) is 3.65. The van der Waals surface area contributed by atoms with Gasteiger partial charge in [0.15, 0.2) is 0 Å². The van der Waals surface area contributed by atoms with Crippen molar-refractivity contribution in [2.24, 2.45) is 5.84 Å². The van der Waals surface area contributed by atoms with Gasteiger partial charge in [-0.3, -0.25) is 0 Å². The summed E-state index contributed by atoms with van der Waals surface area (Å²) in [5.74, 6) is 8.13. The molecular formula is C9H15N3S. The van der Waals surface area contributed by atoms with Gasteiger partial charge in [0.05, 0.1) is 5.69 Å². The smallest absolute Gasteiger partial charge is 0.140 e. The number of nitrogen functional groups attached to an aromatic ring is 1. The highest BCUT2D eigenvalue weighted by Crippen LogP contribution is 2.12. The Kier molecular flexibility index (Phi) is 4.64. The second kappa shape index (κ2) is 5.83. The van der Waals surface area contributed by atoms with Crippen LogP contribution in [0, 0.1) is 0 Å². The maximum atomic E-state index is 5.25. The van der Waals surface area contributed by atoms with E-state index in [-0.39, 0.29) is 0 Å². The Bertz CT molecular complexity index is 252. The summed E-state index contributed by atoms with van der Waals surface area (Å²) in [4.78, 5) is 4.31. The molecule has 0 saturated carbocycles. The van der Waals surface area contributed by atoms with Gasteiger partial charge in [-0.2, -0.15) is 11.8 Å². The number of nitrogens with two attached hydrogens (primary N) is 1. The summed E-state index contributed by atoms with van der Waals surface area (Å²) in [6.45, 7) is 2.18. The summed E-state index contributed by atoms with van der Waals surface area (Å²) in [5, 5.41) is 0. The third-order valence-electron chi connectivity index (χ3n) is 1.55. The SMILES string of the molecule is CCCSCc1cccc(NN)n1. The Labute approximate surface area is 83.1 Å². The molecular weight excluding hydrogens is 182 g/mol. The van der Waals surface area contributed by atoms with Crippen molar-refractivity contribution in [3.05, 3.63) is 23.9 Å². The molecule has 1 rings (SSSR count). The largest absolute Gasteiger partial charge is 0.308 e. The zero-order valence-electron chi connectivity index (χ0n) is 7.79. The minimum atomic E-state index is 0.731. The summed E-state index contributed by atoms with van der Waals surface area (Å²) in [6, 6.07) is 5.83. The minimum Gasteiger partial charge on any atom is -0.308 e. The first kappa shape index (κ1) is 10.3. The van der Waals surface area contributed by atoms with Crippen molar-refractivity contribution >= 4 is 17.6 Å². The van der Waals surface area contributed by atoms with Crippen LogP contribution in [0.2, 0.25) is 0 Å². The Morgan fingerprint density at radius 1 is 1.54 bits per heavy atom. The van der Waals surface area contributed by atoms with Gasteiger partial charge in [-0.15, -0.1) is 0 Å². The molecule has 0 radical (unpaired) electrons. The van der Waals surface area contributed by atoms with Crippen LogP contribution in [0.5, 0.6) is 0 Å². The average Bonchev–Trinajstić information content (AvgIpc) is 2.19. The van der Waals surface area contributed by atoms with E-state index in [0.29, 0.717) is 0 Å². The van der Waals surface area contributed by atoms with Gasteiger partial charge in [-0.1, -0.05) is 13.0 Å². The lowest BCUT2D eigenvalue weighted by atomic mass is 10.4. The lowest BCUT2D eigenvalue weighted by Crippen LogP contribution is -2.08. The normalized spacial score (nSPS) is 10.0. The van der Waals surface area contributed by atoms with E-state index in [0.717, 1.165) is 17.3 Å². The molecule has 13 heavy (non-hydrogen) atoms. The maximum absolute atomic E-state index is 5.25. The number of aromatic nitrogens is 1. The van der Waals surface area contributed by atoms with E-state index >= 15 is 0 Å². The molecule has 0 fully saturated rings. The standard InChI is InChI=1S/C9H15N3S/c1-2-6-13-7-8-4-3-5-9(11-8)12-10/h3-5H,2,6-7,10H2,1H3,(H,11,12). The number of pyridine rings is 1. The summed E-state index contributed by atoms with van der Waals surface area (Å²) >= 11 is 1.89. The first-order chi connectivity index (χ1) is 6.36. The van der Waals surface area contributed by atoms with Gasteiger partial charge in [0.2, 0.25) is 0 Å². The molecule has 0 bridgehead atoms. The zero-order chi connectivity index (χ0) is 9.52. The van der Waals surface area contributed by atoms with Crippen LogP contribution in [0.4, 0.5) is 5.82 Å². The fourth-order valence-electron chi connectivity index (χ4n) is 0.961. The van der Waals surface area contributed by atoms with E-state index in [1.165, 1.54) is 12.2 Å². The Hall–Kier alpha value is -0.740. The van der Waals surface area contributed by atoms with Crippen LogP contribution in [0.15, 0.2) is 18.2 Å². The van der Waals surface area contributed by atoms with Crippen LogP contribution in [0.1, 0.15) is 19.0 Å². The molecule has 1 aromatic rings. The third-order valence-corrected chi connectivity index (χ3v) is 2.75. The van der Waals surface area contributed by atoms with Gasteiger partial charge in [-0.25, -0.2) is 10.8 Å². The van der Waals surface area contributed by atoms with Crippen LogP contribution in [-0.2, 0) is 5.75 Å². The quantitative estimate of drug-likeness (QED) is 0.431. The topological polar surface area (TPSA) is 50.9 Å². The molecule has 0 aromatic carbocycles. The van der Waals surface area contributed by atoms with E-state index < -0.39 is 0 Å². The molecule has 0 unspecified atom stereocenters. The highest BCUT2D eigenvalue weighted by atomic mass is 32.2. The highest BCUT2D eigenvalue weighted by Gasteiger charge is 1.95. The van der Waals surface area contributed by atoms with Crippen molar-refractivity contribution in [3.8, 4) is 0 Å². The number of thioether (sulfide) groups is 1. The van der Waals surface area contributed by atoms with Gasteiger partial charge in [0, 0.05) is 5.75 Å². The number of hydrogen-bond acceptors (Lipinski definition) is 4. The van der Waals surface area contributed by atoms with Gasteiger partial charge in [0.25, 0.3) is 0 Å². The number of hydrazine groups is 1. The summed E-state index contributed by atoms with van der Waals surface area (Å²) < 4.78 is 0. The fraction of sp³-hybridized carbons (Fsp3) is 0.444. The van der Waals surface area contributed by atoms with E-state index in [1.54, 1.807) is 0 Å². The molecule has 1 heterocycles. The molecule has 0 aliphatic carbocycles. The Balaban J connectivity index is 2.46. The Morgan fingerprint density at radius 2 is 2.38 bits per heavy atom. The molecule has 3 N–H and O–H groups in total. The summed E-state index contributed by atoms with van der Waals surface area (Å²) in [5.41, 5.74) is 3.62. The van der Waals surface area contributed by atoms with Crippen LogP contribution in [0.3, 0.4) is 0 Å². The van der Waals surface area contributed by atoms with Crippen LogP contribution in [-0.4, -0.2) is 10.7 Å². The molecule has 0 amide bonds. The molecule has 0 aliphatic rings. The Morgan fingerprint density at radius 3 is 3.08 bits per heavy atom. The van der Waals surface area contributed by atoms with E-state index in [2.05, 4.69) is 17.3 Å². The van der Waals surface area contributed by atoms with E-state index in [1.807, 2.05) is 30.0 Å². The van der Waals surface area contributed by atoms with Gasteiger partial charge in [-0.05, 0) is 24.3 Å². The second-order valence-corrected chi connectivity index (χ2v) is 3.82. The van der Waals surface area contributed by atoms with Crippen molar-refractivity contribution in [2.75, 3.05) is 11.2 Å². The van der Waals surface area contributed by atoms with Crippen molar-refractivity contribution in [1.29, 1.82) is 0 Å². The summed E-state index contributed by atoms with van der Waals surface area (Å²) in [7, 11) is 0.